The molecule has 0 radical (unpaired) electrons. The van der Waals surface area contributed by atoms with Crippen molar-refractivity contribution < 1.29 is 4.39 Å². The fraction of sp³-hybridized carbons (Fsp3) is 0.0625. The Bertz CT molecular complexity index is 786. The monoisotopic (exact) mass is 345 g/mol. The van der Waals surface area contributed by atoms with Crippen molar-refractivity contribution >= 4 is 26.8 Å². The first-order valence-electron chi connectivity index (χ1n) is 6.45. The minimum absolute atomic E-state index is 0.257. The number of nitrogens with zero attached hydrogens (tertiary/aromatic N) is 1. The first-order valence-corrected chi connectivity index (χ1v) is 7.24. The van der Waals surface area contributed by atoms with Gasteiger partial charge in [-0.25, -0.2) is 9.82 Å². The van der Waals surface area contributed by atoms with E-state index in [2.05, 4.69) is 26.3 Å². The standard InChI is InChI=1S/C16H13BrFN3/c17-14-9-10(18)6-7-13(14)16(21-19)12-3-1-5-15-11(12)4-2-8-20-15/h1-9,16,21H,19H2. The van der Waals surface area contributed by atoms with Crippen LogP contribution in [0.1, 0.15) is 17.2 Å². The quantitative estimate of drug-likeness (QED) is 0.562. The molecule has 3 N–H and O–H groups in total. The van der Waals surface area contributed by atoms with Crippen molar-refractivity contribution in [3.8, 4) is 0 Å². The van der Waals surface area contributed by atoms with Gasteiger partial charge in [-0.05, 0) is 35.4 Å². The SMILES string of the molecule is NNC(c1ccc(F)cc1Br)c1cccc2ncccc12. The van der Waals surface area contributed by atoms with Gasteiger partial charge in [0.15, 0.2) is 0 Å². The first-order chi connectivity index (χ1) is 10.2. The highest BCUT2D eigenvalue weighted by Crippen LogP contribution is 2.32. The summed E-state index contributed by atoms with van der Waals surface area (Å²) < 4.78 is 14.0. The van der Waals surface area contributed by atoms with E-state index in [1.807, 2.05) is 30.3 Å². The molecule has 0 amide bonds. The van der Waals surface area contributed by atoms with Crippen LogP contribution in [0.5, 0.6) is 0 Å². The Balaban J connectivity index is 2.18. The maximum absolute atomic E-state index is 13.3. The van der Waals surface area contributed by atoms with Gasteiger partial charge in [-0.3, -0.25) is 10.8 Å². The van der Waals surface area contributed by atoms with E-state index in [-0.39, 0.29) is 11.9 Å². The lowest BCUT2D eigenvalue weighted by molar-refractivity contribution is 0.614. The van der Waals surface area contributed by atoms with E-state index in [9.17, 15) is 4.39 Å². The van der Waals surface area contributed by atoms with Crippen molar-refractivity contribution in [2.75, 3.05) is 0 Å². The van der Waals surface area contributed by atoms with Gasteiger partial charge in [-0.1, -0.05) is 40.2 Å². The molecular formula is C16H13BrFN3. The third-order valence-electron chi connectivity index (χ3n) is 3.43. The van der Waals surface area contributed by atoms with Crippen LogP contribution in [0, 0.1) is 5.82 Å². The number of nitrogens with one attached hydrogen (secondary N) is 1. The van der Waals surface area contributed by atoms with Gasteiger partial charge in [-0.15, -0.1) is 0 Å². The van der Waals surface area contributed by atoms with E-state index in [0.717, 1.165) is 22.0 Å². The smallest absolute Gasteiger partial charge is 0.124 e. The van der Waals surface area contributed by atoms with Gasteiger partial charge in [0.2, 0.25) is 0 Å². The first kappa shape index (κ1) is 14.1. The third-order valence-corrected chi connectivity index (χ3v) is 4.12. The highest BCUT2D eigenvalue weighted by molar-refractivity contribution is 9.10. The molecule has 0 aliphatic rings. The van der Waals surface area contributed by atoms with Crippen LogP contribution in [0.3, 0.4) is 0 Å². The van der Waals surface area contributed by atoms with Crippen LogP contribution in [0.15, 0.2) is 59.2 Å². The van der Waals surface area contributed by atoms with E-state index in [1.54, 1.807) is 12.3 Å². The summed E-state index contributed by atoms with van der Waals surface area (Å²) in [6.45, 7) is 0. The van der Waals surface area contributed by atoms with Crippen molar-refractivity contribution in [2.45, 2.75) is 6.04 Å². The summed E-state index contributed by atoms with van der Waals surface area (Å²) >= 11 is 3.40. The molecular weight excluding hydrogens is 333 g/mol. The number of fused-ring (bicyclic) bond motifs is 1. The molecule has 1 heterocycles. The predicted octanol–water partition coefficient (Wildman–Crippen LogP) is 3.69. The minimum atomic E-state index is -0.291. The van der Waals surface area contributed by atoms with Gasteiger partial charge >= 0.3 is 0 Å². The Labute approximate surface area is 130 Å². The van der Waals surface area contributed by atoms with Gasteiger partial charge < -0.3 is 0 Å². The Morgan fingerprint density at radius 3 is 2.71 bits per heavy atom. The van der Waals surface area contributed by atoms with E-state index in [0.29, 0.717) is 4.47 Å². The second-order valence-electron chi connectivity index (χ2n) is 4.68. The molecule has 106 valence electrons. The number of halogens is 2. The normalized spacial score (nSPS) is 12.5. The molecule has 2 aromatic carbocycles. The lowest BCUT2D eigenvalue weighted by Crippen LogP contribution is -2.29. The number of aromatic nitrogens is 1. The Hall–Kier alpha value is -1.82. The zero-order chi connectivity index (χ0) is 14.8. The van der Waals surface area contributed by atoms with Crippen LogP contribution in [-0.2, 0) is 0 Å². The molecule has 1 atom stereocenters. The molecule has 0 saturated carbocycles. The molecule has 21 heavy (non-hydrogen) atoms. The highest BCUT2D eigenvalue weighted by atomic mass is 79.9. The topological polar surface area (TPSA) is 50.9 Å². The van der Waals surface area contributed by atoms with E-state index >= 15 is 0 Å². The number of hydrogen-bond donors (Lipinski definition) is 2. The summed E-state index contributed by atoms with van der Waals surface area (Å²) in [5.41, 5.74) is 5.57. The average molecular weight is 346 g/mol. The zero-order valence-electron chi connectivity index (χ0n) is 11.1. The van der Waals surface area contributed by atoms with Crippen LogP contribution in [0.25, 0.3) is 10.9 Å². The number of rotatable bonds is 3. The van der Waals surface area contributed by atoms with E-state index < -0.39 is 0 Å². The Kier molecular flexibility index (Phi) is 3.96. The van der Waals surface area contributed by atoms with E-state index in [1.165, 1.54) is 12.1 Å². The molecule has 0 bridgehead atoms. The number of hydrazine groups is 1. The van der Waals surface area contributed by atoms with Gasteiger partial charge in [0.05, 0.1) is 11.6 Å². The number of pyridine rings is 1. The lowest BCUT2D eigenvalue weighted by Gasteiger charge is -2.20. The maximum Gasteiger partial charge on any atom is 0.124 e. The number of nitrogens with two attached hydrogens (primary N) is 1. The molecule has 0 fully saturated rings. The van der Waals surface area contributed by atoms with Crippen molar-refractivity contribution in [3.05, 3.63) is 76.1 Å². The fourth-order valence-corrected chi connectivity index (χ4v) is 3.04. The summed E-state index contributed by atoms with van der Waals surface area (Å²) in [6.07, 6.45) is 1.75. The largest absolute Gasteiger partial charge is 0.271 e. The minimum Gasteiger partial charge on any atom is -0.271 e. The molecule has 5 heteroatoms. The fourth-order valence-electron chi connectivity index (χ4n) is 2.46. The van der Waals surface area contributed by atoms with Crippen molar-refractivity contribution in [1.82, 2.24) is 10.4 Å². The number of benzene rings is 2. The van der Waals surface area contributed by atoms with Crippen LogP contribution in [-0.4, -0.2) is 4.98 Å². The second kappa shape index (κ2) is 5.89. The van der Waals surface area contributed by atoms with Crippen LogP contribution >= 0.6 is 15.9 Å². The molecule has 0 aliphatic heterocycles. The Morgan fingerprint density at radius 1 is 1.10 bits per heavy atom. The molecule has 1 aromatic heterocycles. The molecule has 3 nitrogen and oxygen atoms in total. The van der Waals surface area contributed by atoms with Crippen LogP contribution < -0.4 is 11.3 Å². The van der Waals surface area contributed by atoms with Gasteiger partial charge in [0, 0.05) is 16.1 Å². The summed E-state index contributed by atoms with van der Waals surface area (Å²) in [4.78, 5) is 4.35. The lowest BCUT2D eigenvalue weighted by atomic mass is 9.95. The number of hydrogen-bond acceptors (Lipinski definition) is 3. The molecule has 1 unspecified atom stereocenters. The van der Waals surface area contributed by atoms with Crippen LogP contribution in [0.4, 0.5) is 4.39 Å². The van der Waals surface area contributed by atoms with Gasteiger partial charge in [0.25, 0.3) is 0 Å². The molecule has 0 aliphatic carbocycles. The highest BCUT2D eigenvalue weighted by Gasteiger charge is 2.18. The second-order valence-corrected chi connectivity index (χ2v) is 5.54. The molecule has 3 aromatic rings. The van der Waals surface area contributed by atoms with Gasteiger partial charge in [-0.2, -0.15) is 0 Å². The summed E-state index contributed by atoms with van der Waals surface area (Å²) in [6, 6.07) is 14.1. The third kappa shape index (κ3) is 2.68. The van der Waals surface area contributed by atoms with Crippen LogP contribution in [0.2, 0.25) is 0 Å². The summed E-state index contributed by atoms with van der Waals surface area (Å²) in [5, 5.41) is 1.01. The Morgan fingerprint density at radius 2 is 1.95 bits per heavy atom. The van der Waals surface area contributed by atoms with Gasteiger partial charge in [0.1, 0.15) is 5.82 Å². The van der Waals surface area contributed by atoms with Crippen molar-refractivity contribution in [1.29, 1.82) is 0 Å². The molecule has 0 spiro atoms. The maximum atomic E-state index is 13.3. The summed E-state index contributed by atoms with van der Waals surface area (Å²) in [5.74, 6) is 5.46. The van der Waals surface area contributed by atoms with E-state index in [4.69, 9.17) is 5.84 Å². The average Bonchev–Trinajstić information content (AvgIpc) is 2.50. The summed E-state index contributed by atoms with van der Waals surface area (Å²) in [7, 11) is 0. The predicted molar refractivity (Wildman–Crippen MR) is 85.0 cm³/mol. The molecule has 0 saturated heterocycles. The van der Waals surface area contributed by atoms with Crippen molar-refractivity contribution in [3.63, 3.8) is 0 Å². The molecule has 3 rings (SSSR count). The van der Waals surface area contributed by atoms with Crippen molar-refractivity contribution in [2.24, 2.45) is 5.84 Å². The zero-order valence-corrected chi connectivity index (χ0v) is 12.6.